The van der Waals surface area contributed by atoms with E-state index in [2.05, 4.69) is 21.2 Å². The minimum absolute atomic E-state index is 0.0139. The highest BCUT2D eigenvalue weighted by atomic mass is 79.9. The van der Waals surface area contributed by atoms with Gasteiger partial charge in [-0.05, 0) is 70.4 Å². The largest absolute Gasteiger partial charge is 0.490 e. The highest BCUT2D eigenvalue weighted by Gasteiger charge is 2.33. The van der Waals surface area contributed by atoms with Crippen LogP contribution in [0.4, 0.5) is 9.18 Å². The van der Waals surface area contributed by atoms with Crippen molar-refractivity contribution < 1.29 is 23.5 Å². The van der Waals surface area contributed by atoms with Crippen molar-refractivity contribution in [2.45, 2.75) is 20.1 Å². The van der Waals surface area contributed by atoms with Crippen molar-refractivity contribution in [3.05, 3.63) is 98.4 Å². The highest BCUT2D eigenvalue weighted by Crippen LogP contribution is 2.38. The number of amides is 3. The minimum Gasteiger partial charge on any atom is -0.490 e. The maximum absolute atomic E-state index is 14.0. The van der Waals surface area contributed by atoms with Crippen molar-refractivity contribution in [3.8, 4) is 11.5 Å². The molecule has 6 nitrogen and oxygen atoms in total. The van der Waals surface area contributed by atoms with E-state index in [1.807, 2.05) is 6.92 Å². The number of nitrogens with zero attached hydrogens (tertiary/aromatic N) is 1. The Kier molecular flexibility index (Phi) is 7.73. The van der Waals surface area contributed by atoms with Crippen LogP contribution in [0.25, 0.3) is 6.08 Å². The summed E-state index contributed by atoms with van der Waals surface area (Å²) in [5, 5.41) is 3.19. The average molecular weight is 560 g/mol. The zero-order valence-corrected chi connectivity index (χ0v) is 21.0. The second-order valence-corrected chi connectivity index (χ2v) is 8.94. The summed E-state index contributed by atoms with van der Waals surface area (Å²) in [4.78, 5) is 26.5. The molecule has 3 aromatic rings. The van der Waals surface area contributed by atoms with Gasteiger partial charge in [-0.3, -0.25) is 9.69 Å². The van der Waals surface area contributed by atoms with Crippen LogP contribution < -0.4 is 14.8 Å². The average Bonchev–Trinajstić information content (AvgIpc) is 3.08. The number of nitrogens with one attached hydrogen (secondary N) is 1. The molecule has 180 valence electrons. The zero-order chi connectivity index (χ0) is 24.9. The fourth-order valence-corrected chi connectivity index (χ4v) is 4.19. The molecule has 3 amide bonds. The molecule has 0 bridgehead atoms. The minimum atomic E-state index is -0.509. The van der Waals surface area contributed by atoms with E-state index >= 15 is 0 Å². The number of hydrogen-bond donors (Lipinski definition) is 1. The summed E-state index contributed by atoms with van der Waals surface area (Å²) in [5.41, 5.74) is 1.93. The zero-order valence-electron chi connectivity index (χ0n) is 18.7. The molecule has 0 aliphatic carbocycles. The van der Waals surface area contributed by atoms with E-state index in [0.717, 1.165) is 10.5 Å². The van der Waals surface area contributed by atoms with Crippen molar-refractivity contribution in [2.75, 3.05) is 6.61 Å². The Morgan fingerprint density at radius 2 is 1.83 bits per heavy atom. The van der Waals surface area contributed by atoms with Crippen molar-refractivity contribution in [2.24, 2.45) is 0 Å². The number of benzene rings is 3. The van der Waals surface area contributed by atoms with Gasteiger partial charge in [0.25, 0.3) is 5.91 Å². The number of carbonyl (C=O) groups is 2. The van der Waals surface area contributed by atoms with E-state index in [0.29, 0.717) is 38.7 Å². The second-order valence-electron chi connectivity index (χ2n) is 7.65. The van der Waals surface area contributed by atoms with Crippen LogP contribution >= 0.6 is 27.5 Å². The summed E-state index contributed by atoms with van der Waals surface area (Å²) >= 11 is 9.38. The summed E-state index contributed by atoms with van der Waals surface area (Å²) in [5.74, 6) is 0.0174. The van der Waals surface area contributed by atoms with Crippen LogP contribution in [0.2, 0.25) is 5.02 Å². The fourth-order valence-electron chi connectivity index (χ4n) is 3.49. The monoisotopic (exact) mass is 558 g/mol. The molecule has 1 aliphatic rings. The van der Waals surface area contributed by atoms with Crippen LogP contribution in [0, 0.1) is 5.82 Å². The van der Waals surface area contributed by atoms with Gasteiger partial charge in [0.2, 0.25) is 0 Å². The second kappa shape index (κ2) is 10.9. The van der Waals surface area contributed by atoms with Gasteiger partial charge in [0, 0.05) is 10.6 Å². The maximum Gasteiger partial charge on any atom is 0.329 e. The normalized spacial score (nSPS) is 14.4. The van der Waals surface area contributed by atoms with Gasteiger partial charge in [0.05, 0.1) is 17.6 Å². The number of carbonyl (C=O) groups excluding carboxylic acids is 2. The van der Waals surface area contributed by atoms with E-state index < -0.39 is 11.9 Å². The lowest BCUT2D eigenvalue weighted by Crippen LogP contribution is -2.30. The van der Waals surface area contributed by atoms with Gasteiger partial charge < -0.3 is 14.8 Å². The van der Waals surface area contributed by atoms with Gasteiger partial charge in [-0.15, -0.1) is 0 Å². The molecule has 35 heavy (non-hydrogen) atoms. The molecular formula is C26H21BrClFN2O4. The summed E-state index contributed by atoms with van der Waals surface area (Å²) in [6.45, 7) is 2.33. The SMILES string of the molecule is CCOc1cc(/C=C2\NC(=O)N(Cc3ccc(Cl)cc3)C2=O)cc(Br)c1OCc1ccccc1F. The maximum atomic E-state index is 14.0. The summed E-state index contributed by atoms with van der Waals surface area (Å²) in [6.07, 6.45) is 1.57. The Balaban J connectivity index is 1.55. The van der Waals surface area contributed by atoms with E-state index in [9.17, 15) is 14.0 Å². The Morgan fingerprint density at radius 1 is 1.09 bits per heavy atom. The van der Waals surface area contributed by atoms with Gasteiger partial charge in [-0.1, -0.05) is 41.9 Å². The predicted octanol–water partition coefficient (Wildman–Crippen LogP) is 6.31. The topological polar surface area (TPSA) is 67.9 Å². The molecule has 0 aromatic heterocycles. The van der Waals surface area contributed by atoms with Crippen LogP contribution in [0.3, 0.4) is 0 Å². The number of rotatable bonds is 8. The number of halogens is 3. The molecule has 9 heteroatoms. The van der Waals surface area contributed by atoms with Crippen molar-refractivity contribution >= 4 is 45.5 Å². The molecule has 1 heterocycles. The summed E-state index contributed by atoms with van der Waals surface area (Å²) < 4.78 is 26.1. The lowest BCUT2D eigenvalue weighted by atomic mass is 10.1. The van der Waals surface area contributed by atoms with Crippen molar-refractivity contribution in [3.63, 3.8) is 0 Å². The number of urea groups is 1. The number of ether oxygens (including phenoxy) is 2. The molecule has 0 atom stereocenters. The molecular weight excluding hydrogens is 539 g/mol. The Morgan fingerprint density at radius 3 is 2.54 bits per heavy atom. The highest BCUT2D eigenvalue weighted by molar-refractivity contribution is 9.10. The third-order valence-corrected chi connectivity index (χ3v) is 6.03. The first-order valence-corrected chi connectivity index (χ1v) is 11.9. The van der Waals surface area contributed by atoms with Crippen LogP contribution in [-0.4, -0.2) is 23.4 Å². The summed E-state index contributed by atoms with van der Waals surface area (Å²) in [6, 6.07) is 16.2. The molecule has 0 radical (unpaired) electrons. The fraction of sp³-hybridized carbons (Fsp3) is 0.154. The molecule has 0 unspecified atom stereocenters. The predicted molar refractivity (Wildman–Crippen MR) is 135 cm³/mol. The van der Waals surface area contributed by atoms with E-state index in [-0.39, 0.29) is 24.7 Å². The number of hydrogen-bond acceptors (Lipinski definition) is 4. The molecule has 1 aliphatic heterocycles. The standard InChI is InChI=1S/C26H21BrClFN2O4/c1-2-34-23-13-17(11-20(27)24(23)35-15-18-5-3-4-6-21(18)29)12-22-25(32)31(26(33)30-22)14-16-7-9-19(28)10-8-16/h3-13H,2,14-15H2,1H3,(H,30,33)/b22-12-. The first kappa shape index (κ1) is 24.8. The lowest BCUT2D eigenvalue weighted by molar-refractivity contribution is -0.123. The van der Waals surface area contributed by atoms with E-state index in [1.165, 1.54) is 6.07 Å². The van der Waals surface area contributed by atoms with Crippen molar-refractivity contribution in [1.82, 2.24) is 10.2 Å². The summed E-state index contributed by atoms with van der Waals surface area (Å²) in [7, 11) is 0. The molecule has 1 N–H and O–H groups in total. The molecule has 3 aromatic carbocycles. The first-order chi connectivity index (χ1) is 16.9. The number of imide groups is 1. The van der Waals surface area contributed by atoms with E-state index in [4.69, 9.17) is 21.1 Å². The quantitative estimate of drug-likeness (QED) is 0.259. The van der Waals surface area contributed by atoms with Crippen molar-refractivity contribution in [1.29, 1.82) is 0 Å². The van der Waals surface area contributed by atoms with Gasteiger partial charge >= 0.3 is 6.03 Å². The van der Waals surface area contributed by atoms with Gasteiger partial charge in [0.15, 0.2) is 11.5 Å². The van der Waals surface area contributed by atoms with Crippen LogP contribution in [0.5, 0.6) is 11.5 Å². The van der Waals surface area contributed by atoms with E-state index in [1.54, 1.807) is 60.7 Å². The molecule has 0 saturated carbocycles. The third-order valence-electron chi connectivity index (χ3n) is 5.19. The molecule has 1 fully saturated rings. The third kappa shape index (κ3) is 5.83. The Bertz CT molecular complexity index is 1300. The van der Waals surface area contributed by atoms with Gasteiger partial charge in [0.1, 0.15) is 18.1 Å². The molecule has 0 spiro atoms. The van der Waals surface area contributed by atoms with Gasteiger partial charge in [-0.25, -0.2) is 9.18 Å². The van der Waals surface area contributed by atoms with Crippen LogP contribution in [0.1, 0.15) is 23.6 Å². The molecule has 1 saturated heterocycles. The van der Waals surface area contributed by atoms with Crippen LogP contribution in [-0.2, 0) is 17.9 Å². The Hall–Kier alpha value is -3.36. The van der Waals surface area contributed by atoms with Gasteiger partial charge in [-0.2, -0.15) is 0 Å². The lowest BCUT2D eigenvalue weighted by Gasteiger charge is -2.15. The Labute approximate surface area is 215 Å². The smallest absolute Gasteiger partial charge is 0.329 e. The van der Waals surface area contributed by atoms with Crippen LogP contribution in [0.15, 0.2) is 70.8 Å². The first-order valence-electron chi connectivity index (χ1n) is 10.8. The molecule has 4 rings (SSSR count).